The quantitative estimate of drug-likeness (QED) is 0.717. The van der Waals surface area contributed by atoms with Crippen molar-refractivity contribution in [2.75, 3.05) is 6.54 Å². The van der Waals surface area contributed by atoms with Crippen molar-refractivity contribution >= 4 is 11.9 Å². The monoisotopic (exact) mass is 385 g/mol. The van der Waals surface area contributed by atoms with Gasteiger partial charge in [-0.1, -0.05) is 29.8 Å². The first-order valence-corrected chi connectivity index (χ1v) is 9.78. The second-order valence-corrected chi connectivity index (χ2v) is 7.62. The summed E-state index contributed by atoms with van der Waals surface area (Å²) in [4.78, 5) is 25.1. The molecule has 6 nitrogen and oxygen atoms in total. The lowest BCUT2D eigenvalue weighted by Crippen LogP contribution is -2.38. The average Bonchev–Trinajstić information content (AvgIpc) is 2.88. The van der Waals surface area contributed by atoms with Crippen LogP contribution in [0.1, 0.15) is 54.8 Å². The summed E-state index contributed by atoms with van der Waals surface area (Å²) in [6.45, 7) is 10.9. The fourth-order valence-corrected chi connectivity index (χ4v) is 3.38. The molecule has 0 atom stereocenters. The minimum absolute atomic E-state index is 0.0127. The Kier molecular flexibility index (Phi) is 7.38. The van der Waals surface area contributed by atoms with Crippen molar-refractivity contribution < 1.29 is 14.7 Å². The molecule has 152 valence electrons. The van der Waals surface area contributed by atoms with Crippen LogP contribution in [-0.2, 0) is 22.6 Å². The lowest BCUT2D eigenvalue weighted by molar-refractivity contribution is -0.139. The highest BCUT2D eigenvalue weighted by atomic mass is 16.4. The van der Waals surface area contributed by atoms with Gasteiger partial charge in [0.15, 0.2) is 0 Å². The number of aliphatic carboxylic acids is 1. The third-order valence-corrected chi connectivity index (χ3v) is 5.08. The molecule has 2 aromatic rings. The molecule has 0 bridgehead atoms. The average molecular weight is 386 g/mol. The van der Waals surface area contributed by atoms with Gasteiger partial charge in [0.2, 0.25) is 5.91 Å². The van der Waals surface area contributed by atoms with Crippen molar-refractivity contribution in [3.63, 3.8) is 0 Å². The molecule has 1 heterocycles. The maximum atomic E-state index is 12.6. The van der Waals surface area contributed by atoms with Crippen LogP contribution in [0, 0.1) is 20.8 Å². The number of nitrogens with zero attached hydrogens (tertiary/aromatic N) is 3. The number of aromatic nitrogens is 2. The third-order valence-electron chi connectivity index (χ3n) is 5.08. The van der Waals surface area contributed by atoms with Crippen LogP contribution >= 0.6 is 0 Å². The van der Waals surface area contributed by atoms with Gasteiger partial charge in [-0.2, -0.15) is 5.10 Å². The normalized spacial score (nSPS) is 11.1. The van der Waals surface area contributed by atoms with Crippen LogP contribution in [0.4, 0.5) is 0 Å². The Morgan fingerprint density at radius 1 is 1.11 bits per heavy atom. The van der Waals surface area contributed by atoms with E-state index in [1.54, 1.807) is 4.90 Å². The number of carboxylic acids is 1. The molecule has 0 unspecified atom stereocenters. The van der Waals surface area contributed by atoms with Gasteiger partial charge in [-0.05, 0) is 52.2 Å². The Balaban J connectivity index is 2.05. The zero-order chi connectivity index (χ0) is 20.8. The van der Waals surface area contributed by atoms with E-state index in [0.29, 0.717) is 19.4 Å². The number of rotatable bonds is 9. The Labute approximate surface area is 167 Å². The summed E-state index contributed by atoms with van der Waals surface area (Å²) < 4.78 is 1.99. The molecular formula is C22H31N3O3. The van der Waals surface area contributed by atoms with Crippen LogP contribution in [0.25, 0.3) is 0 Å². The van der Waals surface area contributed by atoms with Gasteiger partial charge < -0.3 is 10.0 Å². The van der Waals surface area contributed by atoms with Crippen molar-refractivity contribution in [2.24, 2.45) is 0 Å². The maximum Gasteiger partial charge on any atom is 0.305 e. The standard InChI is InChI=1S/C22H31N3O3/c1-15(2)24(13-12-22(27)28)21(26)11-10-20-17(4)23-25(18(20)5)14-19-8-6-16(3)7-9-19/h6-9,15H,10-14H2,1-5H3,(H,27,28). The molecule has 1 aromatic carbocycles. The molecule has 0 saturated carbocycles. The fraction of sp³-hybridized carbons (Fsp3) is 0.500. The molecule has 0 fully saturated rings. The third kappa shape index (κ3) is 5.68. The van der Waals surface area contributed by atoms with Crippen molar-refractivity contribution in [1.82, 2.24) is 14.7 Å². The van der Waals surface area contributed by atoms with E-state index in [2.05, 4.69) is 36.3 Å². The van der Waals surface area contributed by atoms with E-state index in [0.717, 1.165) is 17.0 Å². The van der Waals surface area contributed by atoms with Crippen LogP contribution in [0.5, 0.6) is 0 Å². The molecule has 2 rings (SSSR count). The lowest BCUT2D eigenvalue weighted by Gasteiger charge is -2.26. The van der Waals surface area contributed by atoms with E-state index in [1.807, 2.05) is 32.4 Å². The molecule has 1 amide bonds. The molecule has 1 N–H and O–H groups in total. The molecule has 0 aliphatic heterocycles. The second kappa shape index (κ2) is 9.53. The zero-order valence-electron chi connectivity index (χ0n) is 17.5. The number of aryl methyl sites for hydroxylation is 2. The predicted molar refractivity (Wildman–Crippen MR) is 109 cm³/mol. The van der Waals surface area contributed by atoms with E-state index >= 15 is 0 Å². The van der Waals surface area contributed by atoms with Gasteiger partial charge in [0.25, 0.3) is 0 Å². The second-order valence-electron chi connectivity index (χ2n) is 7.62. The van der Waals surface area contributed by atoms with Crippen LogP contribution in [0.2, 0.25) is 0 Å². The maximum absolute atomic E-state index is 12.6. The number of carbonyl (C=O) groups is 2. The van der Waals surface area contributed by atoms with E-state index in [-0.39, 0.29) is 24.9 Å². The highest BCUT2D eigenvalue weighted by molar-refractivity contribution is 5.77. The van der Waals surface area contributed by atoms with Gasteiger partial charge in [0.1, 0.15) is 0 Å². The van der Waals surface area contributed by atoms with Crippen molar-refractivity contribution in [1.29, 1.82) is 0 Å². The molecule has 0 aliphatic carbocycles. The van der Waals surface area contributed by atoms with E-state index in [1.165, 1.54) is 11.1 Å². The van der Waals surface area contributed by atoms with Gasteiger partial charge in [-0.3, -0.25) is 14.3 Å². The van der Waals surface area contributed by atoms with E-state index in [9.17, 15) is 9.59 Å². The van der Waals surface area contributed by atoms with Crippen molar-refractivity contribution in [2.45, 2.75) is 66.5 Å². The Morgan fingerprint density at radius 2 is 1.75 bits per heavy atom. The molecule has 0 radical (unpaired) electrons. The van der Waals surface area contributed by atoms with Crippen molar-refractivity contribution in [3.8, 4) is 0 Å². The van der Waals surface area contributed by atoms with Gasteiger partial charge in [-0.25, -0.2) is 0 Å². The van der Waals surface area contributed by atoms with Gasteiger partial charge in [0, 0.05) is 24.7 Å². The first kappa shape index (κ1) is 21.7. The first-order valence-electron chi connectivity index (χ1n) is 9.78. The molecule has 28 heavy (non-hydrogen) atoms. The molecule has 6 heteroatoms. The Morgan fingerprint density at radius 3 is 2.32 bits per heavy atom. The highest BCUT2D eigenvalue weighted by Gasteiger charge is 2.20. The zero-order valence-corrected chi connectivity index (χ0v) is 17.5. The molecule has 0 aliphatic rings. The largest absolute Gasteiger partial charge is 0.481 e. The smallest absolute Gasteiger partial charge is 0.305 e. The Hall–Kier alpha value is -2.63. The number of benzene rings is 1. The summed E-state index contributed by atoms with van der Waals surface area (Å²) in [7, 11) is 0. The summed E-state index contributed by atoms with van der Waals surface area (Å²) in [6.07, 6.45) is 0.937. The molecule has 0 spiro atoms. The van der Waals surface area contributed by atoms with E-state index in [4.69, 9.17) is 5.11 Å². The van der Waals surface area contributed by atoms with Gasteiger partial charge >= 0.3 is 5.97 Å². The number of carbonyl (C=O) groups excluding carboxylic acids is 1. The SMILES string of the molecule is Cc1ccc(Cn2nc(C)c(CCC(=O)N(CCC(=O)O)C(C)C)c2C)cc1. The number of hydrogen-bond acceptors (Lipinski definition) is 3. The number of hydrogen-bond donors (Lipinski definition) is 1. The molecule has 0 saturated heterocycles. The fourth-order valence-electron chi connectivity index (χ4n) is 3.38. The predicted octanol–water partition coefficient (Wildman–Crippen LogP) is 3.50. The van der Waals surface area contributed by atoms with Crippen LogP contribution in [0.3, 0.4) is 0 Å². The van der Waals surface area contributed by atoms with Gasteiger partial charge in [0.05, 0.1) is 18.7 Å². The van der Waals surface area contributed by atoms with Crippen LogP contribution < -0.4 is 0 Å². The summed E-state index contributed by atoms with van der Waals surface area (Å²) in [6, 6.07) is 8.39. The van der Waals surface area contributed by atoms with Crippen molar-refractivity contribution in [3.05, 3.63) is 52.3 Å². The molecular weight excluding hydrogens is 354 g/mol. The van der Waals surface area contributed by atoms with Crippen LogP contribution in [-0.4, -0.2) is 44.3 Å². The number of carboxylic acid groups (broad SMARTS) is 1. The summed E-state index contributed by atoms with van der Waals surface area (Å²) in [5.41, 5.74) is 5.54. The molecule has 1 aromatic heterocycles. The lowest BCUT2D eigenvalue weighted by atomic mass is 10.1. The van der Waals surface area contributed by atoms with Crippen LogP contribution in [0.15, 0.2) is 24.3 Å². The van der Waals surface area contributed by atoms with E-state index < -0.39 is 5.97 Å². The summed E-state index contributed by atoms with van der Waals surface area (Å²) >= 11 is 0. The number of amides is 1. The highest BCUT2D eigenvalue weighted by Crippen LogP contribution is 2.18. The minimum Gasteiger partial charge on any atom is -0.481 e. The summed E-state index contributed by atoms with van der Waals surface area (Å²) in [5.74, 6) is -0.899. The van der Waals surface area contributed by atoms with Gasteiger partial charge in [-0.15, -0.1) is 0 Å². The summed E-state index contributed by atoms with van der Waals surface area (Å²) in [5, 5.41) is 13.6. The first-order chi connectivity index (χ1) is 13.2. The topological polar surface area (TPSA) is 75.4 Å². The minimum atomic E-state index is -0.887. The Bertz CT molecular complexity index is 822.